The molecule has 0 saturated heterocycles. The smallest absolute Gasteiger partial charge is 0.0408 e. The summed E-state index contributed by atoms with van der Waals surface area (Å²) in [6.45, 7) is 4.81. The van der Waals surface area contributed by atoms with Gasteiger partial charge in [0.1, 0.15) is 0 Å². The molecule has 0 bridgehead atoms. The van der Waals surface area contributed by atoms with Crippen LogP contribution in [0.4, 0.5) is 0 Å². The highest BCUT2D eigenvalue weighted by Crippen LogP contribution is 2.56. The molecule has 0 saturated carbocycles. The molecule has 0 amide bonds. The van der Waals surface area contributed by atoms with Crippen molar-refractivity contribution in [2.45, 2.75) is 19.3 Å². The third kappa shape index (κ3) is 3.07. The summed E-state index contributed by atoms with van der Waals surface area (Å²) in [7, 11) is 0. The molecule has 10 rings (SSSR count). The summed E-state index contributed by atoms with van der Waals surface area (Å²) in [6, 6.07) is 50.0. The van der Waals surface area contributed by atoms with Crippen LogP contribution in [0.1, 0.15) is 25.0 Å². The zero-order chi connectivity index (χ0) is 29.2. The van der Waals surface area contributed by atoms with Gasteiger partial charge < -0.3 is 0 Å². The fourth-order valence-electron chi connectivity index (χ4n) is 8.25. The van der Waals surface area contributed by atoms with E-state index in [1.165, 1.54) is 97.0 Å². The van der Waals surface area contributed by atoms with Gasteiger partial charge in [0.25, 0.3) is 0 Å². The molecule has 1 heterocycles. The molecule has 0 N–H and O–H groups in total. The highest BCUT2D eigenvalue weighted by molar-refractivity contribution is 7.26. The number of thiophene rings is 1. The SMILES string of the molecule is CC1(C)c2ccccc2-c2cc(-c3ccc4ccc5c(-c6ccccc6)ccc6ccc3c4c65)c3c(sc4ccccc43)c21. The van der Waals surface area contributed by atoms with Crippen LogP contribution >= 0.6 is 11.3 Å². The van der Waals surface area contributed by atoms with Gasteiger partial charge in [-0.2, -0.15) is 0 Å². The molecule has 0 radical (unpaired) electrons. The summed E-state index contributed by atoms with van der Waals surface area (Å²) in [4.78, 5) is 0. The minimum absolute atomic E-state index is 0.0555. The first-order valence-corrected chi connectivity index (χ1v) is 16.3. The molecule has 8 aromatic carbocycles. The Morgan fingerprint density at radius 2 is 1.09 bits per heavy atom. The maximum atomic E-state index is 2.52. The molecule has 1 heteroatoms. The lowest BCUT2D eigenvalue weighted by atomic mass is 9.80. The second-order valence-corrected chi connectivity index (χ2v) is 13.9. The van der Waals surface area contributed by atoms with Crippen LogP contribution in [0.5, 0.6) is 0 Å². The number of fused-ring (bicyclic) bond motifs is 7. The average Bonchev–Trinajstić information content (AvgIpc) is 3.56. The summed E-state index contributed by atoms with van der Waals surface area (Å²) in [6.07, 6.45) is 0. The van der Waals surface area contributed by atoms with Crippen LogP contribution in [0.2, 0.25) is 0 Å². The summed E-state index contributed by atoms with van der Waals surface area (Å²) in [5.74, 6) is 0. The van der Waals surface area contributed by atoms with Crippen molar-refractivity contribution < 1.29 is 0 Å². The van der Waals surface area contributed by atoms with Gasteiger partial charge in [-0.15, -0.1) is 11.3 Å². The predicted octanol–water partition coefficient (Wildman–Crippen LogP) is 12.6. The minimum Gasteiger partial charge on any atom is -0.135 e. The molecule has 1 aromatic heterocycles. The van der Waals surface area contributed by atoms with Gasteiger partial charge in [0.05, 0.1) is 0 Å². The Morgan fingerprint density at radius 1 is 0.455 bits per heavy atom. The Kier molecular flexibility index (Phi) is 4.76. The van der Waals surface area contributed by atoms with E-state index in [1.54, 1.807) is 0 Å². The topological polar surface area (TPSA) is 0 Å². The van der Waals surface area contributed by atoms with Crippen molar-refractivity contribution >= 4 is 63.8 Å². The normalized spacial score (nSPS) is 13.9. The zero-order valence-corrected chi connectivity index (χ0v) is 25.4. The van der Waals surface area contributed by atoms with Crippen LogP contribution in [0.15, 0.2) is 133 Å². The number of rotatable bonds is 2. The van der Waals surface area contributed by atoms with Crippen LogP contribution < -0.4 is 0 Å². The molecule has 0 atom stereocenters. The summed E-state index contributed by atoms with van der Waals surface area (Å²) in [5, 5.41) is 10.7. The summed E-state index contributed by atoms with van der Waals surface area (Å²) >= 11 is 1.96. The monoisotopic (exact) mass is 576 g/mol. The minimum atomic E-state index is -0.0555. The Morgan fingerprint density at radius 3 is 1.89 bits per heavy atom. The van der Waals surface area contributed by atoms with E-state index in [4.69, 9.17) is 0 Å². The Hall–Kier alpha value is -4.98. The third-order valence-corrected chi connectivity index (χ3v) is 11.4. The molecular weight excluding hydrogens is 549 g/mol. The van der Waals surface area contributed by atoms with Gasteiger partial charge in [-0.3, -0.25) is 0 Å². The van der Waals surface area contributed by atoms with E-state index in [0.29, 0.717) is 0 Å². The number of hydrogen-bond donors (Lipinski definition) is 0. The number of hydrogen-bond acceptors (Lipinski definition) is 1. The molecule has 1 aliphatic carbocycles. The van der Waals surface area contributed by atoms with Crippen LogP contribution in [0.25, 0.3) is 85.9 Å². The van der Waals surface area contributed by atoms with E-state index in [-0.39, 0.29) is 5.41 Å². The average molecular weight is 577 g/mol. The van der Waals surface area contributed by atoms with E-state index in [2.05, 4.69) is 147 Å². The van der Waals surface area contributed by atoms with Gasteiger partial charge in [0.2, 0.25) is 0 Å². The third-order valence-electron chi connectivity index (χ3n) is 10.2. The van der Waals surface area contributed by atoms with Gasteiger partial charge in [-0.25, -0.2) is 0 Å². The molecule has 0 fully saturated rings. The van der Waals surface area contributed by atoms with Gasteiger partial charge >= 0.3 is 0 Å². The Labute approximate surface area is 260 Å². The van der Waals surface area contributed by atoms with Gasteiger partial charge in [0.15, 0.2) is 0 Å². The van der Waals surface area contributed by atoms with Crippen LogP contribution in [0, 0.1) is 0 Å². The molecule has 44 heavy (non-hydrogen) atoms. The molecule has 1 aliphatic rings. The van der Waals surface area contributed by atoms with E-state index < -0.39 is 0 Å². The summed E-state index contributed by atoms with van der Waals surface area (Å²) < 4.78 is 2.78. The van der Waals surface area contributed by atoms with Crippen LogP contribution in [-0.2, 0) is 5.41 Å². The molecular formula is C43H28S. The lowest BCUT2D eigenvalue weighted by Crippen LogP contribution is -2.15. The molecule has 9 aromatic rings. The molecule has 0 spiro atoms. The molecule has 0 unspecified atom stereocenters. The van der Waals surface area contributed by atoms with Gasteiger partial charge in [-0.1, -0.05) is 135 Å². The maximum Gasteiger partial charge on any atom is 0.0408 e. The first-order chi connectivity index (χ1) is 21.6. The second-order valence-electron chi connectivity index (χ2n) is 12.8. The first kappa shape index (κ1) is 24.5. The lowest BCUT2D eigenvalue weighted by Gasteiger charge is -2.23. The molecule has 206 valence electrons. The first-order valence-electron chi connectivity index (χ1n) is 15.4. The fourth-order valence-corrected chi connectivity index (χ4v) is 9.68. The standard InChI is InChI=1S/C43H28S/c1-43(2)36-14-8-6-12-30(36)35-24-34(40-33-13-7-9-15-37(33)44-42(40)41(35)43)29-21-17-27-18-22-31-28(25-10-4-3-5-11-25)20-16-26-19-23-32(29)39(27)38(26)31/h3-24H,1-2H3. The van der Waals surface area contributed by atoms with Gasteiger partial charge in [0, 0.05) is 25.6 Å². The van der Waals surface area contributed by atoms with Crippen LogP contribution in [-0.4, -0.2) is 0 Å². The summed E-state index contributed by atoms with van der Waals surface area (Å²) in [5.41, 5.74) is 10.8. The number of benzene rings is 8. The molecule has 0 aliphatic heterocycles. The van der Waals surface area contributed by atoms with Crippen molar-refractivity contribution in [3.8, 4) is 33.4 Å². The second kappa shape index (κ2) is 8.56. The van der Waals surface area contributed by atoms with Crippen molar-refractivity contribution in [3.63, 3.8) is 0 Å². The van der Waals surface area contributed by atoms with Crippen LogP contribution in [0.3, 0.4) is 0 Å². The van der Waals surface area contributed by atoms with Crippen molar-refractivity contribution in [2.24, 2.45) is 0 Å². The van der Waals surface area contributed by atoms with E-state index in [9.17, 15) is 0 Å². The maximum absolute atomic E-state index is 2.52. The highest BCUT2D eigenvalue weighted by Gasteiger charge is 2.38. The van der Waals surface area contributed by atoms with Crippen molar-refractivity contribution in [1.82, 2.24) is 0 Å². The highest BCUT2D eigenvalue weighted by atomic mass is 32.1. The Bertz CT molecular complexity index is 2620. The van der Waals surface area contributed by atoms with Crippen molar-refractivity contribution in [3.05, 3.63) is 145 Å². The van der Waals surface area contributed by atoms with Gasteiger partial charge in [-0.05, 0) is 89.0 Å². The predicted molar refractivity (Wildman–Crippen MR) is 191 cm³/mol. The zero-order valence-electron chi connectivity index (χ0n) is 24.6. The van der Waals surface area contributed by atoms with E-state index >= 15 is 0 Å². The quantitative estimate of drug-likeness (QED) is 0.180. The van der Waals surface area contributed by atoms with Crippen molar-refractivity contribution in [1.29, 1.82) is 0 Å². The fraction of sp³-hybridized carbons (Fsp3) is 0.0698. The van der Waals surface area contributed by atoms with E-state index in [0.717, 1.165) is 0 Å². The largest absolute Gasteiger partial charge is 0.135 e. The Balaban J connectivity index is 1.36. The lowest BCUT2D eigenvalue weighted by molar-refractivity contribution is 0.667. The van der Waals surface area contributed by atoms with E-state index in [1.807, 2.05) is 11.3 Å². The molecule has 0 nitrogen and oxygen atoms in total. The van der Waals surface area contributed by atoms with Crippen molar-refractivity contribution in [2.75, 3.05) is 0 Å².